The number of carbonyl (C=O) groups excluding carboxylic acids is 1. The highest BCUT2D eigenvalue weighted by molar-refractivity contribution is 5.92. The third kappa shape index (κ3) is 3.01. The molecule has 0 aliphatic carbocycles. The van der Waals surface area contributed by atoms with Gasteiger partial charge < -0.3 is 9.84 Å². The van der Waals surface area contributed by atoms with Crippen LogP contribution < -0.4 is 5.32 Å². The topological polar surface area (TPSA) is 68.0 Å². The van der Waals surface area contributed by atoms with Crippen molar-refractivity contribution in [2.45, 2.75) is 6.54 Å². The third-order valence-electron chi connectivity index (χ3n) is 3.04. The Hall–Kier alpha value is -3.02. The Labute approximate surface area is 125 Å². The minimum absolute atomic E-state index is 0.0224. The highest BCUT2D eigenvalue weighted by Gasteiger charge is 2.15. The second kappa shape index (κ2) is 6.17. The summed E-state index contributed by atoms with van der Waals surface area (Å²) in [6.45, 7) is 0.273. The number of carbonyl (C=O) groups is 1. The van der Waals surface area contributed by atoms with E-state index in [0.717, 1.165) is 5.69 Å². The minimum atomic E-state index is -0.430. The Morgan fingerprint density at radius 1 is 1.18 bits per heavy atom. The first kappa shape index (κ1) is 13.9. The number of hydrogen-bond donors (Lipinski definition) is 1. The Morgan fingerprint density at radius 2 is 2.00 bits per heavy atom. The average Bonchev–Trinajstić information content (AvgIpc) is 3.04. The molecule has 3 aromatic rings. The molecule has 2 aromatic heterocycles. The van der Waals surface area contributed by atoms with Crippen molar-refractivity contribution in [3.05, 3.63) is 72.0 Å². The van der Waals surface area contributed by atoms with Gasteiger partial charge in [-0.15, -0.1) is 0 Å². The molecule has 1 N–H and O–H groups in total. The summed E-state index contributed by atoms with van der Waals surface area (Å²) in [5, 5.41) is 6.40. The molecule has 0 spiro atoms. The lowest BCUT2D eigenvalue weighted by molar-refractivity contribution is 0.0913. The number of pyridine rings is 1. The van der Waals surface area contributed by atoms with Gasteiger partial charge in [0.15, 0.2) is 0 Å². The van der Waals surface area contributed by atoms with Crippen molar-refractivity contribution >= 4 is 5.91 Å². The fourth-order valence-corrected chi connectivity index (χ4v) is 1.94. The number of halogens is 1. The molecular formula is C16H12FN3O2. The van der Waals surface area contributed by atoms with Crippen LogP contribution >= 0.6 is 0 Å². The molecule has 3 rings (SSSR count). The van der Waals surface area contributed by atoms with Gasteiger partial charge in [-0.2, -0.15) is 0 Å². The Kier molecular flexibility index (Phi) is 3.91. The lowest BCUT2D eigenvalue weighted by Crippen LogP contribution is -2.22. The summed E-state index contributed by atoms with van der Waals surface area (Å²) in [4.78, 5) is 16.1. The summed E-state index contributed by atoms with van der Waals surface area (Å²) in [7, 11) is 0. The fraction of sp³-hybridized carbons (Fsp3) is 0.0625. The average molecular weight is 297 g/mol. The first-order valence-electron chi connectivity index (χ1n) is 6.64. The lowest BCUT2D eigenvalue weighted by Gasteiger charge is -2.01. The maximum Gasteiger partial charge on any atom is 0.290 e. The van der Waals surface area contributed by atoms with Crippen LogP contribution in [-0.2, 0) is 6.54 Å². The molecule has 0 aliphatic heterocycles. The van der Waals surface area contributed by atoms with Crippen LogP contribution in [0.3, 0.4) is 0 Å². The van der Waals surface area contributed by atoms with E-state index < -0.39 is 11.7 Å². The van der Waals surface area contributed by atoms with Gasteiger partial charge in [-0.3, -0.25) is 9.78 Å². The largest absolute Gasteiger partial charge is 0.350 e. The Morgan fingerprint density at radius 3 is 2.77 bits per heavy atom. The maximum atomic E-state index is 13.7. The molecule has 0 saturated heterocycles. The lowest BCUT2D eigenvalue weighted by atomic mass is 10.1. The monoisotopic (exact) mass is 297 g/mol. The van der Waals surface area contributed by atoms with Crippen LogP contribution in [0.2, 0.25) is 0 Å². The third-order valence-corrected chi connectivity index (χ3v) is 3.04. The van der Waals surface area contributed by atoms with E-state index in [-0.39, 0.29) is 23.6 Å². The van der Waals surface area contributed by atoms with Crippen molar-refractivity contribution in [3.8, 4) is 11.3 Å². The predicted octanol–water partition coefficient (Wildman–Crippen LogP) is 2.81. The van der Waals surface area contributed by atoms with E-state index in [2.05, 4.69) is 15.5 Å². The van der Waals surface area contributed by atoms with Crippen LogP contribution in [0.1, 0.15) is 16.2 Å². The van der Waals surface area contributed by atoms with Gasteiger partial charge in [0.1, 0.15) is 11.5 Å². The molecular weight excluding hydrogens is 285 g/mol. The number of amides is 1. The highest BCUT2D eigenvalue weighted by Crippen LogP contribution is 2.22. The van der Waals surface area contributed by atoms with Crippen LogP contribution in [0.4, 0.5) is 4.39 Å². The van der Waals surface area contributed by atoms with E-state index in [1.54, 1.807) is 36.5 Å². The zero-order valence-corrected chi connectivity index (χ0v) is 11.5. The molecule has 5 nitrogen and oxygen atoms in total. The van der Waals surface area contributed by atoms with E-state index in [9.17, 15) is 9.18 Å². The van der Waals surface area contributed by atoms with Crippen molar-refractivity contribution in [2.75, 3.05) is 0 Å². The van der Waals surface area contributed by atoms with Gasteiger partial charge in [-0.25, -0.2) is 4.39 Å². The van der Waals surface area contributed by atoms with Crippen molar-refractivity contribution in [1.29, 1.82) is 0 Å². The number of aromatic nitrogens is 2. The van der Waals surface area contributed by atoms with Crippen molar-refractivity contribution in [2.24, 2.45) is 0 Å². The standard InChI is InChI=1S/C16H12FN3O2/c17-13-7-2-1-6-12(13)14-9-15(22-20-14)16(21)19-10-11-5-3-4-8-18-11/h1-9H,10H2,(H,19,21). The van der Waals surface area contributed by atoms with E-state index in [1.165, 1.54) is 12.1 Å². The first-order chi connectivity index (χ1) is 10.7. The molecule has 110 valence electrons. The van der Waals surface area contributed by atoms with Gasteiger partial charge in [0.05, 0.1) is 12.2 Å². The zero-order valence-electron chi connectivity index (χ0n) is 11.5. The number of rotatable bonds is 4. The van der Waals surface area contributed by atoms with Gasteiger partial charge >= 0.3 is 0 Å². The minimum Gasteiger partial charge on any atom is -0.350 e. The molecule has 1 aromatic carbocycles. The molecule has 2 heterocycles. The summed E-state index contributed by atoms with van der Waals surface area (Å²) >= 11 is 0. The zero-order chi connectivity index (χ0) is 15.4. The van der Waals surface area contributed by atoms with Crippen LogP contribution in [-0.4, -0.2) is 16.0 Å². The van der Waals surface area contributed by atoms with Gasteiger partial charge in [-0.05, 0) is 24.3 Å². The molecule has 0 unspecified atom stereocenters. The fourth-order valence-electron chi connectivity index (χ4n) is 1.94. The van der Waals surface area contributed by atoms with Gasteiger partial charge in [0.2, 0.25) is 5.76 Å². The molecule has 0 atom stereocenters. The summed E-state index contributed by atoms with van der Waals surface area (Å²) in [6.07, 6.45) is 1.65. The molecule has 0 aliphatic rings. The second-order valence-corrected chi connectivity index (χ2v) is 4.56. The second-order valence-electron chi connectivity index (χ2n) is 4.56. The van der Waals surface area contributed by atoms with E-state index in [4.69, 9.17) is 4.52 Å². The number of nitrogens with zero attached hydrogens (tertiary/aromatic N) is 2. The Balaban J connectivity index is 1.71. The summed E-state index contributed by atoms with van der Waals surface area (Å²) in [5.41, 5.74) is 1.29. The SMILES string of the molecule is O=C(NCc1ccccn1)c1cc(-c2ccccc2F)no1. The van der Waals surface area contributed by atoms with Crippen molar-refractivity contribution < 1.29 is 13.7 Å². The summed E-state index contributed by atoms with van der Waals surface area (Å²) in [5.74, 6) is -0.828. The van der Waals surface area contributed by atoms with Gasteiger partial charge in [0, 0.05) is 17.8 Å². The van der Waals surface area contributed by atoms with Crippen LogP contribution in [0.25, 0.3) is 11.3 Å². The quantitative estimate of drug-likeness (QED) is 0.804. The number of benzene rings is 1. The van der Waals surface area contributed by atoms with E-state index in [0.29, 0.717) is 0 Å². The van der Waals surface area contributed by atoms with Crippen LogP contribution in [0, 0.1) is 5.82 Å². The first-order valence-corrected chi connectivity index (χ1v) is 6.64. The molecule has 0 saturated carbocycles. The summed E-state index contributed by atoms with van der Waals surface area (Å²) < 4.78 is 18.6. The van der Waals surface area contributed by atoms with Crippen molar-refractivity contribution in [3.63, 3.8) is 0 Å². The molecule has 6 heteroatoms. The van der Waals surface area contributed by atoms with Gasteiger partial charge in [0.25, 0.3) is 5.91 Å². The smallest absolute Gasteiger partial charge is 0.290 e. The van der Waals surface area contributed by atoms with E-state index >= 15 is 0 Å². The van der Waals surface area contributed by atoms with Crippen LogP contribution in [0.15, 0.2) is 59.3 Å². The highest BCUT2D eigenvalue weighted by atomic mass is 19.1. The van der Waals surface area contributed by atoms with E-state index in [1.807, 2.05) is 6.07 Å². The van der Waals surface area contributed by atoms with Crippen LogP contribution in [0.5, 0.6) is 0 Å². The number of hydrogen-bond acceptors (Lipinski definition) is 4. The maximum absolute atomic E-state index is 13.7. The normalized spacial score (nSPS) is 10.4. The molecule has 0 fully saturated rings. The molecule has 0 bridgehead atoms. The molecule has 1 amide bonds. The van der Waals surface area contributed by atoms with Crippen molar-refractivity contribution in [1.82, 2.24) is 15.5 Å². The predicted molar refractivity (Wildman–Crippen MR) is 77.3 cm³/mol. The molecule has 0 radical (unpaired) electrons. The number of nitrogens with one attached hydrogen (secondary N) is 1. The molecule has 22 heavy (non-hydrogen) atoms. The van der Waals surface area contributed by atoms with Gasteiger partial charge in [-0.1, -0.05) is 23.4 Å². The Bertz CT molecular complexity index is 787. The summed E-state index contributed by atoms with van der Waals surface area (Å²) in [6, 6.07) is 13.0.